The van der Waals surface area contributed by atoms with Crippen molar-refractivity contribution in [2.24, 2.45) is 0 Å². The number of amides is 2. The van der Waals surface area contributed by atoms with E-state index in [0.29, 0.717) is 22.1 Å². The van der Waals surface area contributed by atoms with Crippen molar-refractivity contribution in [2.75, 3.05) is 17.2 Å². The smallest absolute Gasteiger partial charge is 0.262 e. The molecule has 0 unspecified atom stereocenters. The number of carbonyl (C=O) groups excluding carboxylic acids is 2. The molecule has 5 nitrogen and oxygen atoms in total. The number of hydrogen-bond donors (Lipinski definition) is 2. The molecular formula is C20H16BrClN2O3. The van der Waals surface area contributed by atoms with Crippen molar-refractivity contribution in [3.8, 4) is 5.75 Å². The highest BCUT2D eigenvalue weighted by molar-refractivity contribution is 9.10. The molecule has 0 fully saturated rings. The maximum absolute atomic E-state index is 12.1. The van der Waals surface area contributed by atoms with Gasteiger partial charge >= 0.3 is 0 Å². The van der Waals surface area contributed by atoms with Gasteiger partial charge in [0.2, 0.25) is 5.91 Å². The third-order valence-corrected chi connectivity index (χ3v) is 4.51. The molecule has 3 aromatic carbocycles. The molecule has 0 aromatic heterocycles. The Morgan fingerprint density at radius 1 is 1.00 bits per heavy atom. The van der Waals surface area contributed by atoms with Crippen LogP contribution in [0.5, 0.6) is 5.75 Å². The van der Waals surface area contributed by atoms with Crippen LogP contribution in [0.25, 0.3) is 10.8 Å². The SMILES string of the molecule is CC(=O)Nc1ccc(NC(=O)COc2ccc3cc(Br)ccc3c2)cc1Cl. The van der Waals surface area contributed by atoms with E-state index in [0.717, 1.165) is 15.2 Å². The Morgan fingerprint density at radius 3 is 2.48 bits per heavy atom. The van der Waals surface area contributed by atoms with Crippen molar-refractivity contribution in [3.05, 3.63) is 64.1 Å². The van der Waals surface area contributed by atoms with Crippen molar-refractivity contribution < 1.29 is 14.3 Å². The first-order chi connectivity index (χ1) is 12.9. The lowest BCUT2D eigenvalue weighted by molar-refractivity contribution is -0.118. The average Bonchev–Trinajstić information content (AvgIpc) is 2.62. The Labute approximate surface area is 169 Å². The number of rotatable bonds is 5. The molecule has 3 aromatic rings. The van der Waals surface area contributed by atoms with Gasteiger partial charge in [-0.05, 0) is 53.2 Å². The minimum Gasteiger partial charge on any atom is -0.484 e. The Morgan fingerprint density at radius 2 is 1.74 bits per heavy atom. The molecule has 0 atom stereocenters. The zero-order valence-corrected chi connectivity index (χ0v) is 16.7. The summed E-state index contributed by atoms with van der Waals surface area (Å²) >= 11 is 9.53. The number of halogens is 2. The van der Waals surface area contributed by atoms with Gasteiger partial charge < -0.3 is 15.4 Å². The van der Waals surface area contributed by atoms with Gasteiger partial charge in [-0.1, -0.05) is 39.7 Å². The molecule has 2 amide bonds. The lowest BCUT2D eigenvalue weighted by Gasteiger charge is -2.10. The summed E-state index contributed by atoms with van der Waals surface area (Å²) in [5.41, 5.74) is 1.01. The van der Waals surface area contributed by atoms with E-state index in [9.17, 15) is 9.59 Å². The number of carbonyl (C=O) groups is 2. The van der Waals surface area contributed by atoms with Crippen LogP contribution in [0.4, 0.5) is 11.4 Å². The van der Waals surface area contributed by atoms with Crippen LogP contribution in [0, 0.1) is 0 Å². The van der Waals surface area contributed by atoms with Gasteiger partial charge in [0.05, 0.1) is 10.7 Å². The van der Waals surface area contributed by atoms with E-state index < -0.39 is 0 Å². The van der Waals surface area contributed by atoms with Gasteiger partial charge in [0.25, 0.3) is 5.91 Å². The molecule has 0 heterocycles. The van der Waals surface area contributed by atoms with Crippen LogP contribution in [-0.4, -0.2) is 18.4 Å². The molecule has 3 rings (SSSR count). The van der Waals surface area contributed by atoms with E-state index in [4.69, 9.17) is 16.3 Å². The van der Waals surface area contributed by atoms with Gasteiger partial charge in [-0.2, -0.15) is 0 Å². The first-order valence-electron chi connectivity index (χ1n) is 8.10. The maximum atomic E-state index is 12.1. The van der Waals surface area contributed by atoms with Crippen molar-refractivity contribution in [1.29, 1.82) is 0 Å². The fourth-order valence-electron chi connectivity index (χ4n) is 2.51. The molecule has 0 bridgehead atoms. The van der Waals surface area contributed by atoms with Gasteiger partial charge in [-0.3, -0.25) is 9.59 Å². The van der Waals surface area contributed by atoms with Crippen LogP contribution in [0.2, 0.25) is 5.02 Å². The van der Waals surface area contributed by atoms with Crippen LogP contribution >= 0.6 is 27.5 Å². The minimum atomic E-state index is -0.311. The molecular weight excluding hydrogens is 432 g/mol. The van der Waals surface area contributed by atoms with Crippen molar-refractivity contribution in [3.63, 3.8) is 0 Å². The van der Waals surface area contributed by atoms with Crippen LogP contribution < -0.4 is 15.4 Å². The molecule has 2 N–H and O–H groups in total. The summed E-state index contributed by atoms with van der Waals surface area (Å²) in [4.78, 5) is 23.2. The minimum absolute atomic E-state index is 0.132. The molecule has 0 aliphatic rings. The summed E-state index contributed by atoms with van der Waals surface area (Å²) in [6, 6.07) is 16.4. The molecule has 0 aliphatic heterocycles. The second-order valence-corrected chi connectivity index (χ2v) is 7.19. The lowest BCUT2D eigenvalue weighted by atomic mass is 10.1. The normalized spacial score (nSPS) is 10.5. The predicted octanol–water partition coefficient (Wildman–Crippen LogP) is 5.23. The average molecular weight is 448 g/mol. The highest BCUT2D eigenvalue weighted by Crippen LogP contribution is 2.26. The molecule has 0 radical (unpaired) electrons. The summed E-state index contributed by atoms with van der Waals surface area (Å²) < 4.78 is 6.58. The fraction of sp³-hybridized carbons (Fsp3) is 0.100. The molecule has 0 aliphatic carbocycles. The number of hydrogen-bond acceptors (Lipinski definition) is 3. The third-order valence-electron chi connectivity index (χ3n) is 3.71. The Bertz CT molecular complexity index is 1020. The van der Waals surface area contributed by atoms with E-state index >= 15 is 0 Å². The predicted molar refractivity (Wildman–Crippen MR) is 112 cm³/mol. The zero-order valence-electron chi connectivity index (χ0n) is 14.4. The highest BCUT2D eigenvalue weighted by atomic mass is 79.9. The maximum Gasteiger partial charge on any atom is 0.262 e. The molecule has 138 valence electrons. The lowest BCUT2D eigenvalue weighted by Crippen LogP contribution is -2.20. The van der Waals surface area contributed by atoms with Crippen LogP contribution in [0.3, 0.4) is 0 Å². The summed E-state index contributed by atoms with van der Waals surface area (Å²) in [6.45, 7) is 1.27. The quantitative estimate of drug-likeness (QED) is 0.563. The standard InChI is InChI=1S/C20H16BrClN2O3/c1-12(25)23-19-7-5-16(10-18(19)22)24-20(26)11-27-17-6-3-13-8-15(21)4-2-14(13)9-17/h2-10H,11H2,1H3,(H,23,25)(H,24,26). The van der Waals surface area contributed by atoms with Gasteiger partial charge in [-0.25, -0.2) is 0 Å². The topological polar surface area (TPSA) is 67.4 Å². The molecule has 27 heavy (non-hydrogen) atoms. The van der Waals surface area contributed by atoms with E-state index in [1.165, 1.54) is 6.92 Å². The summed E-state index contributed by atoms with van der Waals surface area (Å²) in [5, 5.41) is 7.76. The van der Waals surface area contributed by atoms with Gasteiger partial charge in [0.1, 0.15) is 5.75 Å². The largest absolute Gasteiger partial charge is 0.484 e. The molecule has 7 heteroatoms. The highest BCUT2D eigenvalue weighted by Gasteiger charge is 2.08. The van der Waals surface area contributed by atoms with E-state index in [1.807, 2.05) is 36.4 Å². The van der Waals surface area contributed by atoms with Crippen LogP contribution in [-0.2, 0) is 9.59 Å². The first-order valence-corrected chi connectivity index (χ1v) is 9.27. The van der Waals surface area contributed by atoms with Gasteiger partial charge in [0.15, 0.2) is 6.61 Å². The Kier molecular flexibility index (Phi) is 5.98. The van der Waals surface area contributed by atoms with E-state index in [2.05, 4.69) is 26.6 Å². The number of ether oxygens (including phenoxy) is 1. The third kappa shape index (κ3) is 5.21. The van der Waals surface area contributed by atoms with Crippen LogP contribution in [0.15, 0.2) is 59.1 Å². The summed E-state index contributed by atoms with van der Waals surface area (Å²) in [6.07, 6.45) is 0. The molecule has 0 saturated heterocycles. The first kappa shape index (κ1) is 19.2. The number of benzene rings is 3. The van der Waals surface area contributed by atoms with E-state index in [1.54, 1.807) is 18.2 Å². The number of anilines is 2. The molecule has 0 saturated carbocycles. The fourth-order valence-corrected chi connectivity index (χ4v) is 3.12. The Hall–Kier alpha value is -2.57. The van der Waals surface area contributed by atoms with Crippen LogP contribution in [0.1, 0.15) is 6.92 Å². The van der Waals surface area contributed by atoms with Crippen molar-refractivity contribution >= 4 is 61.5 Å². The number of fused-ring (bicyclic) bond motifs is 1. The second kappa shape index (κ2) is 8.41. The monoisotopic (exact) mass is 446 g/mol. The Balaban J connectivity index is 1.60. The molecule has 0 spiro atoms. The van der Waals surface area contributed by atoms with Crippen molar-refractivity contribution in [2.45, 2.75) is 6.92 Å². The zero-order chi connectivity index (χ0) is 19.4. The summed E-state index contributed by atoms with van der Waals surface area (Å²) in [7, 11) is 0. The van der Waals surface area contributed by atoms with Gasteiger partial charge in [-0.15, -0.1) is 0 Å². The summed E-state index contributed by atoms with van der Waals surface area (Å²) in [5.74, 6) is 0.0816. The van der Waals surface area contributed by atoms with Gasteiger partial charge in [0, 0.05) is 17.1 Å². The second-order valence-electron chi connectivity index (χ2n) is 5.87. The van der Waals surface area contributed by atoms with E-state index in [-0.39, 0.29) is 18.4 Å². The van der Waals surface area contributed by atoms with Crippen molar-refractivity contribution in [1.82, 2.24) is 0 Å². The number of nitrogens with one attached hydrogen (secondary N) is 2.